The Kier molecular flexibility index (Phi) is 5.45. The Balaban J connectivity index is 2.10. The zero-order valence-electron chi connectivity index (χ0n) is 12.4. The Morgan fingerprint density at radius 3 is 2.55 bits per heavy atom. The highest BCUT2D eigenvalue weighted by atomic mass is 32.1. The van der Waals surface area contributed by atoms with E-state index in [9.17, 15) is 9.59 Å². The van der Waals surface area contributed by atoms with Crippen molar-refractivity contribution in [1.29, 1.82) is 0 Å². The third kappa shape index (κ3) is 3.80. The number of methoxy groups -OCH3 is 1. The van der Waals surface area contributed by atoms with E-state index < -0.39 is 12.0 Å². The summed E-state index contributed by atoms with van der Waals surface area (Å²) in [7, 11) is 1.31. The first-order valence-electron chi connectivity index (χ1n) is 6.68. The molecule has 2 rings (SSSR count). The number of amides is 2. The minimum atomic E-state index is -0.468. The molecule has 0 fully saturated rings. The van der Waals surface area contributed by atoms with Crippen molar-refractivity contribution in [3.05, 3.63) is 20.8 Å². The van der Waals surface area contributed by atoms with Crippen LogP contribution in [0.25, 0.3) is 0 Å². The molecule has 0 aromatic carbocycles. The lowest BCUT2D eigenvalue weighted by Gasteiger charge is -2.05. The molecule has 0 atom stereocenters. The zero-order chi connectivity index (χ0) is 16.1. The van der Waals surface area contributed by atoms with E-state index in [1.54, 1.807) is 6.07 Å². The molecule has 0 aliphatic heterocycles. The van der Waals surface area contributed by atoms with Crippen molar-refractivity contribution < 1.29 is 14.3 Å². The molecule has 118 valence electrons. The van der Waals surface area contributed by atoms with Gasteiger partial charge >= 0.3 is 12.0 Å². The molecular weight excluding hydrogens is 324 g/mol. The van der Waals surface area contributed by atoms with Crippen LogP contribution in [0.1, 0.15) is 33.4 Å². The Bertz CT molecular complexity index is 681. The number of ether oxygens (including phenoxy) is 1. The van der Waals surface area contributed by atoms with Crippen molar-refractivity contribution >= 4 is 45.5 Å². The smallest absolute Gasteiger partial charge is 0.350 e. The lowest BCUT2D eigenvalue weighted by Crippen LogP contribution is -2.20. The molecule has 0 radical (unpaired) electrons. The molecule has 0 saturated carbocycles. The van der Waals surface area contributed by atoms with Crippen molar-refractivity contribution in [3.63, 3.8) is 0 Å². The van der Waals surface area contributed by atoms with Gasteiger partial charge < -0.3 is 10.1 Å². The summed E-state index contributed by atoms with van der Waals surface area (Å²) in [5.74, 6) is -0.468. The van der Waals surface area contributed by atoms with Gasteiger partial charge in [0.15, 0.2) is 0 Å². The van der Waals surface area contributed by atoms with Crippen LogP contribution in [0.5, 0.6) is 0 Å². The number of carbonyl (C=O) groups is 2. The largest absolute Gasteiger partial charge is 0.465 e. The molecule has 7 nitrogen and oxygen atoms in total. The number of carbonyl (C=O) groups excluding carboxylic acids is 2. The molecule has 9 heteroatoms. The van der Waals surface area contributed by atoms with Gasteiger partial charge in [0.05, 0.1) is 12.8 Å². The third-order valence-corrected chi connectivity index (χ3v) is 4.98. The zero-order valence-corrected chi connectivity index (χ0v) is 14.1. The highest BCUT2D eigenvalue weighted by molar-refractivity contribution is 7.15. The standard InChI is InChI=1S/C13H16N4O3S2/c1-4-7-6-8(10(21-7)11(18)20-3)14-12(19)15-13-17-16-9(5-2)22-13/h6H,4-5H2,1-3H3,(H2,14,15,17,19). The molecule has 2 aromatic rings. The lowest BCUT2D eigenvalue weighted by atomic mass is 10.3. The number of aryl methyl sites for hydroxylation is 2. The van der Waals surface area contributed by atoms with E-state index in [1.807, 2.05) is 13.8 Å². The maximum Gasteiger partial charge on any atom is 0.350 e. The van der Waals surface area contributed by atoms with Crippen LogP contribution in [0.3, 0.4) is 0 Å². The van der Waals surface area contributed by atoms with Crippen molar-refractivity contribution in [2.75, 3.05) is 17.7 Å². The Morgan fingerprint density at radius 2 is 1.95 bits per heavy atom. The summed E-state index contributed by atoms with van der Waals surface area (Å²) < 4.78 is 4.73. The maximum atomic E-state index is 12.0. The van der Waals surface area contributed by atoms with E-state index in [1.165, 1.54) is 29.8 Å². The van der Waals surface area contributed by atoms with Gasteiger partial charge in [0.1, 0.15) is 9.88 Å². The van der Waals surface area contributed by atoms with Crippen LogP contribution in [0.15, 0.2) is 6.07 Å². The molecule has 0 spiro atoms. The SMILES string of the molecule is CCc1cc(NC(=O)Nc2nnc(CC)s2)c(C(=O)OC)s1. The van der Waals surface area contributed by atoms with Crippen LogP contribution in [0, 0.1) is 0 Å². The van der Waals surface area contributed by atoms with Crippen molar-refractivity contribution in [2.45, 2.75) is 26.7 Å². The van der Waals surface area contributed by atoms with Gasteiger partial charge in [0.25, 0.3) is 0 Å². The predicted molar refractivity (Wildman–Crippen MR) is 87.0 cm³/mol. The first-order chi connectivity index (χ1) is 10.6. The molecule has 0 bridgehead atoms. The van der Waals surface area contributed by atoms with Gasteiger partial charge in [-0.3, -0.25) is 5.32 Å². The van der Waals surface area contributed by atoms with Crippen molar-refractivity contribution in [2.24, 2.45) is 0 Å². The second-order valence-electron chi connectivity index (χ2n) is 4.23. The monoisotopic (exact) mass is 340 g/mol. The van der Waals surface area contributed by atoms with Gasteiger partial charge in [-0.25, -0.2) is 9.59 Å². The summed E-state index contributed by atoms with van der Waals surface area (Å²) in [6.45, 7) is 3.94. The summed E-state index contributed by atoms with van der Waals surface area (Å²) in [6, 6.07) is 1.30. The lowest BCUT2D eigenvalue weighted by molar-refractivity contribution is 0.0607. The Hall–Kier alpha value is -2.00. The van der Waals surface area contributed by atoms with Crippen molar-refractivity contribution in [3.8, 4) is 0 Å². The number of hydrogen-bond donors (Lipinski definition) is 2. The highest BCUT2D eigenvalue weighted by Crippen LogP contribution is 2.28. The second kappa shape index (κ2) is 7.32. The summed E-state index contributed by atoms with van der Waals surface area (Å²) in [4.78, 5) is 25.1. The van der Waals surface area contributed by atoms with E-state index in [0.717, 1.165) is 22.7 Å². The van der Waals surface area contributed by atoms with E-state index in [4.69, 9.17) is 4.74 Å². The number of anilines is 2. The summed E-state index contributed by atoms with van der Waals surface area (Å²) in [6.07, 6.45) is 1.53. The Labute approximate surface area is 135 Å². The fourth-order valence-corrected chi connectivity index (χ4v) is 3.30. The highest BCUT2D eigenvalue weighted by Gasteiger charge is 2.18. The van der Waals surface area contributed by atoms with Crippen LogP contribution in [0.2, 0.25) is 0 Å². The fraction of sp³-hybridized carbons (Fsp3) is 0.385. The van der Waals surface area contributed by atoms with Crippen LogP contribution in [-0.2, 0) is 17.6 Å². The molecule has 2 N–H and O–H groups in total. The summed E-state index contributed by atoms with van der Waals surface area (Å²) in [5, 5.41) is 14.3. The number of urea groups is 1. The first kappa shape index (κ1) is 16.4. The number of nitrogens with one attached hydrogen (secondary N) is 2. The summed E-state index contributed by atoms with van der Waals surface area (Å²) in [5.41, 5.74) is 0.437. The van der Waals surface area contributed by atoms with E-state index in [2.05, 4.69) is 20.8 Å². The Morgan fingerprint density at radius 1 is 1.18 bits per heavy atom. The van der Waals surface area contributed by atoms with Gasteiger partial charge in [-0.05, 0) is 18.9 Å². The second-order valence-corrected chi connectivity index (χ2v) is 6.43. The molecule has 0 unspecified atom stereocenters. The molecule has 0 saturated heterocycles. The van der Waals surface area contributed by atoms with Crippen LogP contribution in [0.4, 0.5) is 15.6 Å². The molecular formula is C13H16N4O3S2. The number of nitrogens with zero attached hydrogens (tertiary/aromatic N) is 2. The van der Waals surface area contributed by atoms with Crippen LogP contribution in [-0.4, -0.2) is 29.3 Å². The average Bonchev–Trinajstić information content (AvgIpc) is 3.13. The minimum absolute atomic E-state index is 0.376. The molecule has 0 aliphatic carbocycles. The number of hydrogen-bond acceptors (Lipinski definition) is 7. The number of aromatic nitrogens is 2. The van der Waals surface area contributed by atoms with Gasteiger partial charge in [0, 0.05) is 4.88 Å². The van der Waals surface area contributed by atoms with Crippen LogP contribution < -0.4 is 10.6 Å². The topological polar surface area (TPSA) is 93.2 Å². The van der Waals surface area contributed by atoms with E-state index >= 15 is 0 Å². The van der Waals surface area contributed by atoms with Crippen LogP contribution >= 0.6 is 22.7 Å². The third-order valence-electron chi connectivity index (χ3n) is 2.74. The molecule has 22 heavy (non-hydrogen) atoms. The molecule has 0 aliphatic rings. The first-order valence-corrected chi connectivity index (χ1v) is 8.32. The normalized spacial score (nSPS) is 10.3. The predicted octanol–water partition coefficient (Wildman–Crippen LogP) is 3.16. The average molecular weight is 340 g/mol. The number of rotatable bonds is 5. The van der Waals surface area contributed by atoms with Gasteiger partial charge in [-0.1, -0.05) is 25.2 Å². The van der Waals surface area contributed by atoms with Gasteiger partial charge in [0.2, 0.25) is 5.13 Å². The number of esters is 1. The molecule has 2 heterocycles. The molecule has 2 amide bonds. The molecule has 2 aromatic heterocycles. The van der Waals surface area contributed by atoms with E-state index in [-0.39, 0.29) is 0 Å². The van der Waals surface area contributed by atoms with Crippen molar-refractivity contribution in [1.82, 2.24) is 10.2 Å². The van der Waals surface area contributed by atoms with E-state index in [0.29, 0.717) is 15.7 Å². The van der Waals surface area contributed by atoms with Gasteiger partial charge in [-0.2, -0.15) is 0 Å². The number of thiophene rings is 1. The fourth-order valence-electron chi connectivity index (χ4n) is 1.65. The van der Waals surface area contributed by atoms with Gasteiger partial charge in [-0.15, -0.1) is 21.5 Å². The quantitative estimate of drug-likeness (QED) is 0.816. The summed E-state index contributed by atoms with van der Waals surface area (Å²) >= 11 is 2.62. The maximum absolute atomic E-state index is 12.0. The minimum Gasteiger partial charge on any atom is -0.465 e.